The first-order valence-corrected chi connectivity index (χ1v) is 3.15. The molecular weight excluding hydrogens is 168 g/mol. The van der Waals surface area contributed by atoms with Gasteiger partial charge in [-0.1, -0.05) is 0 Å². The minimum absolute atomic E-state index is 0.0833. The molecule has 0 N–H and O–H groups in total. The van der Waals surface area contributed by atoms with Crippen molar-refractivity contribution in [2.75, 3.05) is 19.8 Å². The number of epoxide rings is 1. The van der Waals surface area contributed by atoms with E-state index in [0.29, 0.717) is 6.61 Å². The van der Waals surface area contributed by atoms with Crippen molar-refractivity contribution in [2.45, 2.75) is 0 Å². The molecule has 0 aliphatic carbocycles. The normalized spacial score (nSPS) is 19.5. The zero-order valence-electron chi connectivity index (χ0n) is 6.07. The molecule has 0 spiro atoms. The van der Waals surface area contributed by atoms with E-state index in [1.54, 1.807) is 0 Å². The summed E-state index contributed by atoms with van der Waals surface area (Å²) in [5.74, 6) is -1.05. The van der Waals surface area contributed by atoms with Gasteiger partial charge in [-0.15, -0.1) is 0 Å². The van der Waals surface area contributed by atoms with Gasteiger partial charge in [0, 0.05) is 0 Å². The summed E-state index contributed by atoms with van der Waals surface area (Å²) >= 11 is 0. The summed E-state index contributed by atoms with van der Waals surface area (Å²) in [5.41, 5.74) is 0. The third-order valence-corrected chi connectivity index (χ3v) is 0.964. The van der Waals surface area contributed by atoms with Crippen molar-refractivity contribution >= 4 is 17.9 Å². The van der Waals surface area contributed by atoms with Crippen LogP contribution < -0.4 is 0 Å². The maximum absolute atomic E-state index is 10.1. The zero-order chi connectivity index (χ0) is 8.97. The predicted octanol–water partition coefficient (Wildman–Crippen LogP) is -1.37. The molecule has 2 fully saturated rings. The van der Waals surface area contributed by atoms with Gasteiger partial charge in [-0.3, -0.25) is 0 Å². The summed E-state index contributed by atoms with van der Waals surface area (Å²) in [6.07, 6.45) is 0. The van der Waals surface area contributed by atoms with E-state index in [0.717, 1.165) is 0 Å². The molecule has 0 atom stereocenters. The minimum Gasteiger partial charge on any atom is -0.451 e. The topological polar surface area (TPSA) is 82.2 Å². The molecule has 0 aromatic carbocycles. The molecule has 0 amide bonds. The van der Waals surface area contributed by atoms with Crippen molar-refractivity contribution in [3.05, 3.63) is 0 Å². The van der Waals surface area contributed by atoms with Crippen molar-refractivity contribution in [1.82, 2.24) is 0 Å². The van der Waals surface area contributed by atoms with E-state index in [2.05, 4.69) is 14.2 Å². The summed E-state index contributed by atoms with van der Waals surface area (Å²) in [5, 5.41) is 0. The Morgan fingerprint density at radius 2 is 0.917 bits per heavy atom. The van der Waals surface area contributed by atoms with Gasteiger partial charge in [0.15, 0.2) is 19.8 Å². The number of rotatable bonds is 0. The number of hydrogen-bond acceptors (Lipinski definition) is 6. The second-order valence-corrected chi connectivity index (χ2v) is 1.98. The fraction of sp³-hybridized carbons (Fsp3) is 0.500. The summed E-state index contributed by atoms with van der Waals surface area (Å²) in [6, 6.07) is 0. The molecule has 0 aromatic rings. The summed E-state index contributed by atoms with van der Waals surface area (Å²) < 4.78 is 12.6. The lowest BCUT2D eigenvalue weighted by atomic mass is 10.6. The van der Waals surface area contributed by atoms with Gasteiger partial charge in [0.2, 0.25) is 0 Å². The van der Waals surface area contributed by atoms with E-state index >= 15 is 0 Å². The fourth-order valence-electron chi connectivity index (χ4n) is 0.392. The highest BCUT2D eigenvalue weighted by Gasteiger charge is 2.16. The smallest absolute Gasteiger partial charge is 0.344 e. The Balaban J connectivity index is 0.000000150. The van der Waals surface area contributed by atoms with E-state index in [9.17, 15) is 14.4 Å². The first kappa shape index (κ1) is 8.51. The van der Waals surface area contributed by atoms with Crippen molar-refractivity contribution in [3.63, 3.8) is 0 Å². The Bertz CT molecular complexity index is 186. The fourth-order valence-corrected chi connectivity index (χ4v) is 0.392. The van der Waals surface area contributed by atoms with Crippen LogP contribution in [0, 0.1) is 0 Å². The maximum atomic E-state index is 10.1. The van der Waals surface area contributed by atoms with Crippen LogP contribution in [0.15, 0.2) is 0 Å². The van der Waals surface area contributed by atoms with E-state index in [1.165, 1.54) is 0 Å². The van der Waals surface area contributed by atoms with Crippen molar-refractivity contribution in [1.29, 1.82) is 0 Å². The number of hydrogen-bond donors (Lipinski definition) is 0. The van der Waals surface area contributed by atoms with Gasteiger partial charge in [0.05, 0.1) is 0 Å². The molecule has 0 radical (unpaired) electrons. The molecule has 6 nitrogen and oxygen atoms in total. The van der Waals surface area contributed by atoms with Crippen LogP contribution in [-0.4, -0.2) is 37.7 Å². The molecule has 2 saturated heterocycles. The number of esters is 2. The Morgan fingerprint density at radius 3 is 1.08 bits per heavy atom. The van der Waals surface area contributed by atoms with Crippen LogP contribution in [-0.2, 0) is 28.6 Å². The third kappa shape index (κ3) is 3.55. The van der Waals surface area contributed by atoms with E-state index < -0.39 is 11.9 Å². The molecule has 0 unspecified atom stereocenters. The second-order valence-electron chi connectivity index (χ2n) is 1.98. The van der Waals surface area contributed by atoms with E-state index in [4.69, 9.17) is 0 Å². The summed E-state index contributed by atoms with van der Waals surface area (Å²) in [6.45, 7) is -0.127. The number of cyclic esters (lactones) is 3. The second kappa shape index (κ2) is 3.70. The highest BCUT2D eigenvalue weighted by molar-refractivity contribution is 5.82. The Hall–Kier alpha value is -1.59. The molecule has 2 rings (SSSR count). The van der Waals surface area contributed by atoms with Crippen molar-refractivity contribution < 1.29 is 28.6 Å². The molecule has 6 heteroatoms. The first-order chi connectivity index (χ1) is 5.68. The van der Waals surface area contributed by atoms with Crippen LogP contribution >= 0.6 is 0 Å². The minimum atomic E-state index is -0.482. The van der Waals surface area contributed by atoms with Crippen LogP contribution in [0.5, 0.6) is 0 Å². The average molecular weight is 174 g/mol. The molecule has 2 aliphatic heterocycles. The Labute approximate surface area is 67.4 Å². The molecule has 2 aliphatic rings. The highest BCUT2D eigenvalue weighted by atomic mass is 16.6. The molecule has 0 bridgehead atoms. The number of carbonyl (C=O) groups excluding carboxylic acids is 3. The number of ether oxygens (including phenoxy) is 3. The Morgan fingerprint density at radius 1 is 0.667 bits per heavy atom. The van der Waals surface area contributed by atoms with E-state index in [1.807, 2.05) is 0 Å². The van der Waals surface area contributed by atoms with Gasteiger partial charge >= 0.3 is 17.9 Å². The quantitative estimate of drug-likeness (QED) is 0.256. The molecule has 0 aromatic heterocycles. The number of carbonyl (C=O) groups is 3. The SMILES string of the molecule is O=C1CO1.O=C1COC(=O)CO1. The van der Waals surface area contributed by atoms with Gasteiger partial charge < -0.3 is 14.2 Å². The third-order valence-electron chi connectivity index (χ3n) is 0.964. The Kier molecular flexibility index (Phi) is 2.62. The first-order valence-electron chi connectivity index (χ1n) is 3.15. The van der Waals surface area contributed by atoms with Gasteiger partial charge in [-0.05, 0) is 0 Å². The van der Waals surface area contributed by atoms with Crippen molar-refractivity contribution in [2.24, 2.45) is 0 Å². The molecule has 66 valence electrons. The largest absolute Gasteiger partial charge is 0.451 e. The summed E-state index contributed by atoms with van der Waals surface area (Å²) in [4.78, 5) is 29.6. The van der Waals surface area contributed by atoms with Crippen molar-refractivity contribution in [3.8, 4) is 0 Å². The molecule has 2 heterocycles. The van der Waals surface area contributed by atoms with Crippen LogP contribution in [0.1, 0.15) is 0 Å². The van der Waals surface area contributed by atoms with Gasteiger partial charge in [0.25, 0.3) is 0 Å². The van der Waals surface area contributed by atoms with Crippen LogP contribution in [0.25, 0.3) is 0 Å². The van der Waals surface area contributed by atoms with Gasteiger partial charge in [-0.25, -0.2) is 14.4 Å². The lowest BCUT2D eigenvalue weighted by Gasteiger charge is -2.09. The molecule has 0 saturated carbocycles. The zero-order valence-corrected chi connectivity index (χ0v) is 6.07. The standard InChI is InChI=1S/C4H4O4.C2H2O2/c5-3-1-7-4(6)2-8-3;3-2-1-4-2/h1-2H2;1H2. The predicted molar refractivity (Wildman–Crippen MR) is 32.9 cm³/mol. The van der Waals surface area contributed by atoms with Gasteiger partial charge in [0.1, 0.15) is 0 Å². The van der Waals surface area contributed by atoms with Crippen LogP contribution in [0.4, 0.5) is 0 Å². The lowest BCUT2D eigenvalue weighted by Crippen LogP contribution is -2.27. The maximum Gasteiger partial charge on any atom is 0.344 e. The monoisotopic (exact) mass is 174 g/mol. The average Bonchev–Trinajstić information content (AvgIpc) is 2.80. The summed E-state index contributed by atoms with van der Waals surface area (Å²) in [7, 11) is 0. The van der Waals surface area contributed by atoms with Gasteiger partial charge in [-0.2, -0.15) is 0 Å². The molecule has 12 heavy (non-hydrogen) atoms. The van der Waals surface area contributed by atoms with Crippen LogP contribution in [0.3, 0.4) is 0 Å². The lowest BCUT2D eigenvalue weighted by molar-refractivity contribution is -0.174. The molecular formula is C6H6O6. The van der Waals surface area contributed by atoms with Crippen LogP contribution in [0.2, 0.25) is 0 Å². The highest BCUT2D eigenvalue weighted by Crippen LogP contribution is 1.91. The van der Waals surface area contributed by atoms with E-state index in [-0.39, 0.29) is 19.2 Å².